The number of hydrogen-bond acceptors (Lipinski definition) is 2. The number of ether oxygens (including phenoxy) is 1. The molecule has 1 aromatic carbocycles. The van der Waals surface area contributed by atoms with Crippen LogP contribution in [0.25, 0.3) is 0 Å². The van der Waals surface area contributed by atoms with Crippen LogP contribution in [-0.2, 0) is 4.74 Å². The number of halogens is 2. The zero-order chi connectivity index (χ0) is 13.1. The van der Waals surface area contributed by atoms with Gasteiger partial charge in [0.05, 0.1) is 6.10 Å². The summed E-state index contributed by atoms with van der Waals surface area (Å²) < 4.78 is 7.15. The maximum absolute atomic E-state index is 12.4. The molecule has 1 aromatic rings. The van der Waals surface area contributed by atoms with Crippen LogP contribution in [0.2, 0.25) is 0 Å². The van der Waals surface area contributed by atoms with Gasteiger partial charge in [0.2, 0.25) is 0 Å². The van der Waals surface area contributed by atoms with Crippen molar-refractivity contribution in [3.63, 3.8) is 0 Å². The quantitative estimate of drug-likeness (QED) is 0.790. The van der Waals surface area contributed by atoms with Crippen molar-refractivity contribution in [2.45, 2.75) is 18.9 Å². The van der Waals surface area contributed by atoms with Gasteiger partial charge >= 0.3 is 0 Å². The molecule has 18 heavy (non-hydrogen) atoms. The van der Waals surface area contributed by atoms with Gasteiger partial charge in [-0.1, -0.05) is 31.9 Å². The fourth-order valence-electron chi connectivity index (χ4n) is 2.17. The van der Waals surface area contributed by atoms with E-state index in [9.17, 15) is 4.79 Å². The molecule has 1 aliphatic rings. The summed E-state index contributed by atoms with van der Waals surface area (Å²) in [5, 5.41) is 0. The highest BCUT2D eigenvalue weighted by molar-refractivity contribution is 9.11. The Morgan fingerprint density at radius 2 is 2.00 bits per heavy atom. The van der Waals surface area contributed by atoms with Crippen LogP contribution >= 0.6 is 31.9 Å². The number of hydrogen-bond donors (Lipinski definition) is 0. The van der Waals surface area contributed by atoms with Crippen LogP contribution in [-0.4, -0.2) is 37.1 Å². The molecular formula is C13H15Br2NO2. The maximum atomic E-state index is 12.4. The number of rotatable bonds is 2. The molecule has 0 saturated carbocycles. The zero-order valence-corrected chi connectivity index (χ0v) is 13.3. The molecule has 0 N–H and O–H groups in total. The minimum absolute atomic E-state index is 0.0683. The van der Waals surface area contributed by atoms with E-state index in [-0.39, 0.29) is 12.0 Å². The van der Waals surface area contributed by atoms with Gasteiger partial charge in [0.25, 0.3) is 5.91 Å². The second-order valence-corrected chi connectivity index (χ2v) is 6.24. The highest BCUT2D eigenvalue weighted by atomic mass is 79.9. The average molecular weight is 377 g/mol. The highest BCUT2D eigenvalue weighted by Gasteiger charge is 2.24. The molecule has 0 aromatic heterocycles. The summed E-state index contributed by atoms with van der Waals surface area (Å²) in [6.07, 6.45) is 2.19. The molecular weight excluding hydrogens is 362 g/mol. The van der Waals surface area contributed by atoms with E-state index in [2.05, 4.69) is 31.9 Å². The number of amides is 1. The van der Waals surface area contributed by atoms with Crippen molar-refractivity contribution in [1.29, 1.82) is 0 Å². The molecule has 0 bridgehead atoms. The largest absolute Gasteiger partial charge is 0.380 e. The van der Waals surface area contributed by atoms with Crippen LogP contribution < -0.4 is 0 Å². The van der Waals surface area contributed by atoms with E-state index in [1.807, 2.05) is 23.1 Å². The standard InChI is InChI=1S/C13H15Br2NO2/c1-18-12-3-2-4-16(8-12)13(17)9-5-10(14)7-11(15)6-9/h5-7,12H,2-4,8H2,1H3. The molecule has 0 aliphatic carbocycles. The van der Waals surface area contributed by atoms with Crippen LogP contribution in [0.15, 0.2) is 27.1 Å². The van der Waals surface area contributed by atoms with E-state index in [1.165, 1.54) is 0 Å². The SMILES string of the molecule is COC1CCCN(C(=O)c2cc(Br)cc(Br)c2)C1. The van der Waals surface area contributed by atoms with Crippen molar-refractivity contribution >= 4 is 37.8 Å². The number of nitrogens with zero attached hydrogens (tertiary/aromatic N) is 1. The lowest BCUT2D eigenvalue weighted by atomic mass is 10.1. The smallest absolute Gasteiger partial charge is 0.254 e. The molecule has 1 heterocycles. The Kier molecular flexibility index (Phi) is 4.81. The molecule has 3 nitrogen and oxygen atoms in total. The second-order valence-electron chi connectivity index (χ2n) is 4.41. The fourth-order valence-corrected chi connectivity index (χ4v) is 3.47. The summed E-state index contributed by atoms with van der Waals surface area (Å²) in [4.78, 5) is 14.3. The summed E-state index contributed by atoms with van der Waals surface area (Å²) in [5.41, 5.74) is 0.702. The fraction of sp³-hybridized carbons (Fsp3) is 0.462. The Labute approximate surface area is 124 Å². The predicted molar refractivity (Wildman–Crippen MR) is 77.8 cm³/mol. The van der Waals surface area contributed by atoms with Crippen LogP contribution in [0.5, 0.6) is 0 Å². The van der Waals surface area contributed by atoms with Crippen LogP contribution in [0, 0.1) is 0 Å². The Balaban J connectivity index is 2.15. The lowest BCUT2D eigenvalue weighted by Crippen LogP contribution is -2.42. The van der Waals surface area contributed by atoms with Gasteiger partial charge in [-0.05, 0) is 31.0 Å². The first-order valence-corrected chi connectivity index (χ1v) is 7.47. The number of benzene rings is 1. The monoisotopic (exact) mass is 375 g/mol. The normalized spacial score (nSPS) is 19.9. The van der Waals surface area contributed by atoms with Crippen molar-refractivity contribution < 1.29 is 9.53 Å². The molecule has 5 heteroatoms. The number of likely N-dealkylation sites (tertiary alicyclic amines) is 1. The van der Waals surface area contributed by atoms with E-state index in [4.69, 9.17) is 4.74 Å². The molecule has 1 fully saturated rings. The average Bonchev–Trinajstić information content (AvgIpc) is 2.37. The van der Waals surface area contributed by atoms with Crippen molar-refractivity contribution in [2.24, 2.45) is 0 Å². The van der Waals surface area contributed by atoms with Crippen LogP contribution in [0.1, 0.15) is 23.2 Å². The Bertz CT molecular complexity index is 430. The van der Waals surface area contributed by atoms with Crippen molar-refractivity contribution in [3.8, 4) is 0 Å². The lowest BCUT2D eigenvalue weighted by Gasteiger charge is -2.32. The number of carbonyl (C=O) groups excluding carboxylic acids is 1. The molecule has 1 saturated heterocycles. The number of methoxy groups -OCH3 is 1. The van der Waals surface area contributed by atoms with Gasteiger partial charge in [-0.3, -0.25) is 4.79 Å². The van der Waals surface area contributed by atoms with E-state index >= 15 is 0 Å². The summed E-state index contributed by atoms with van der Waals surface area (Å²) in [6.45, 7) is 1.49. The molecule has 1 aliphatic heterocycles. The molecule has 1 unspecified atom stereocenters. The second kappa shape index (κ2) is 6.17. The molecule has 0 radical (unpaired) electrons. The van der Waals surface area contributed by atoms with Gasteiger partial charge in [0.1, 0.15) is 0 Å². The molecule has 98 valence electrons. The summed E-state index contributed by atoms with van der Waals surface area (Å²) in [7, 11) is 1.70. The van der Waals surface area contributed by atoms with Gasteiger partial charge < -0.3 is 9.64 Å². The summed E-state index contributed by atoms with van der Waals surface area (Å²) in [6, 6.07) is 5.62. The summed E-state index contributed by atoms with van der Waals surface area (Å²) in [5.74, 6) is 0.0683. The van der Waals surface area contributed by atoms with E-state index < -0.39 is 0 Å². The van der Waals surface area contributed by atoms with E-state index in [1.54, 1.807) is 7.11 Å². The van der Waals surface area contributed by atoms with Crippen molar-refractivity contribution in [2.75, 3.05) is 20.2 Å². The van der Waals surface area contributed by atoms with Gasteiger partial charge in [-0.2, -0.15) is 0 Å². The number of carbonyl (C=O) groups is 1. The minimum atomic E-state index is 0.0683. The van der Waals surface area contributed by atoms with Gasteiger partial charge in [0.15, 0.2) is 0 Å². The predicted octanol–water partition coefficient (Wildman–Crippen LogP) is 3.46. The first-order valence-electron chi connectivity index (χ1n) is 5.88. The molecule has 1 amide bonds. The zero-order valence-electron chi connectivity index (χ0n) is 10.2. The van der Waals surface area contributed by atoms with Crippen molar-refractivity contribution in [3.05, 3.63) is 32.7 Å². The first kappa shape index (κ1) is 14.0. The third-order valence-corrected chi connectivity index (χ3v) is 4.02. The van der Waals surface area contributed by atoms with Gasteiger partial charge in [-0.25, -0.2) is 0 Å². The summed E-state index contributed by atoms with van der Waals surface area (Å²) >= 11 is 6.81. The highest BCUT2D eigenvalue weighted by Crippen LogP contribution is 2.22. The topological polar surface area (TPSA) is 29.5 Å². The first-order chi connectivity index (χ1) is 8.60. The Morgan fingerprint density at radius 3 is 2.61 bits per heavy atom. The van der Waals surface area contributed by atoms with E-state index in [0.717, 1.165) is 28.3 Å². The van der Waals surface area contributed by atoms with Crippen LogP contribution in [0.4, 0.5) is 0 Å². The molecule has 0 spiro atoms. The third kappa shape index (κ3) is 3.33. The van der Waals surface area contributed by atoms with E-state index in [0.29, 0.717) is 12.1 Å². The maximum Gasteiger partial charge on any atom is 0.254 e. The third-order valence-electron chi connectivity index (χ3n) is 3.11. The number of piperidine rings is 1. The van der Waals surface area contributed by atoms with Crippen LogP contribution in [0.3, 0.4) is 0 Å². The molecule has 1 atom stereocenters. The van der Waals surface area contributed by atoms with Crippen molar-refractivity contribution in [1.82, 2.24) is 4.90 Å². The van der Waals surface area contributed by atoms with Gasteiger partial charge in [0, 0.05) is 34.7 Å². The minimum Gasteiger partial charge on any atom is -0.380 e. The Hall–Kier alpha value is -0.390. The lowest BCUT2D eigenvalue weighted by molar-refractivity contribution is 0.0269. The van der Waals surface area contributed by atoms with Gasteiger partial charge in [-0.15, -0.1) is 0 Å². The Morgan fingerprint density at radius 1 is 1.33 bits per heavy atom. The molecule has 2 rings (SSSR count).